The van der Waals surface area contributed by atoms with Crippen LogP contribution in [-0.2, 0) is 13.0 Å². The second-order valence-corrected chi connectivity index (χ2v) is 5.76. The minimum atomic E-state index is 0.0224. The lowest BCUT2D eigenvalue weighted by Crippen LogP contribution is -2.02. The van der Waals surface area contributed by atoms with E-state index in [1.54, 1.807) is 18.3 Å². The van der Waals surface area contributed by atoms with Gasteiger partial charge in [-0.05, 0) is 59.9 Å². The van der Waals surface area contributed by atoms with E-state index in [2.05, 4.69) is 0 Å². The highest BCUT2D eigenvalue weighted by molar-refractivity contribution is 7.07. The van der Waals surface area contributed by atoms with Crippen LogP contribution in [0.5, 0.6) is 5.75 Å². The van der Waals surface area contributed by atoms with Gasteiger partial charge < -0.3 is 4.74 Å². The molecule has 20 heavy (non-hydrogen) atoms. The van der Waals surface area contributed by atoms with Gasteiger partial charge in [0.25, 0.3) is 0 Å². The van der Waals surface area contributed by atoms with Crippen molar-refractivity contribution in [3.63, 3.8) is 0 Å². The summed E-state index contributed by atoms with van der Waals surface area (Å²) >= 11 is 7.36. The van der Waals surface area contributed by atoms with Crippen LogP contribution in [0.15, 0.2) is 35.0 Å². The number of rotatable bonds is 7. The Morgan fingerprint density at radius 3 is 2.80 bits per heavy atom. The highest BCUT2D eigenvalue weighted by Crippen LogP contribution is 2.23. The van der Waals surface area contributed by atoms with Crippen LogP contribution < -0.4 is 4.74 Å². The summed E-state index contributed by atoms with van der Waals surface area (Å²) in [5, 5.41) is 4.06. The molecular weight excluding hydrogens is 292 g/mol. The van der Waals surface area contributed by atoms with Crippen LogP contribution in [0.4, 0.5) is 0 Å². The third-order valence-electron chi connectivity index (χ3n) is 3.00. The summed E-state index contributed by atoms with van der Waals surface area (Å²) in [4.78, 5) is 11.7. The molecule has 0 amide bonds. The fraction of sp³-hybridized carbons (Fsp3) is 0.312. The SMILES string of the molecule is CC(=O)c1ccc(CCCCl)cc1OCc1ccsc1. The summed E-state index contributed by atoms with van der Waals surface area (Å²) < 4.78 is 5.82. The number of hydrogen-bond donors (Lipinski definition) is 0. The molecule has 2 aromatic rings. The molecule has 0 spiro atoms. The van der Waals surface area contributed by atoms with Crippen molar-refractivity contribution in [3.8, 4) is 5.75 Å². The van der Waals surface area contributed by atoms with E-state index in [1.807, 2.05) is 35.0 Å². The van der Waals surface area contributed by atoms with Gasteiger partial charge in [-0.3, -0.25) is 4.79 Å². The van der Waals surface area contributed by atoms with Crippen LogP contribution in [0.2, 0.25) is 0 Å². The molecule has 0 atom stereocenters. The molecule has 1 aromatic carbocycles. The number of carbonyl (C=O) groups is 1. The third-order valence-corrected chi connectivity index (χ3v) is 4.00. The van der Waals surface area contributed by atoms with Gasteiger partial charge in [-0.25, -0.2) is 0 Å². The Morgan fingerprint density at radius 2 is 2.15 bits per heavy atom. The first-order valence-electron chi connectivity index (χ1n) is 6.54. The molecule has 1 aromatic heterocycles. The number of benzene rings is 1. The summed E-state index contributed by atoms with van der Waals surface area (Å²) in [6, 6.07) is 7.79. The molecule has 0 aliphatic rings. The van der Waals surface area contributed by atoms with Crippen LogP contribution in [-0.4, -0.2) is 11.7 Å². The molecule has 0 bridgehead atoms. The Labute approximate surface area is 128 Å². The Morgan fingerprint density at radius 1 is 1.30 bits per heavy atom. The summed E-state index contributed by atoms with van der Waals surface area (Å²) in [5.74, 6) is 1.32. The first-order valence-corrected chi connectivity index (χ1v) is 8.02. The van der Waals surface area contributed by atoms with Crippen molar-refractivity contribution in [2.24, 2.45) is 0 Å². The average Bonchev–Trinajstić information content (AvgIpc) is 2.96. The summed E-state index contributed by atoms with van der Waals surface area (Å²) in [7, 11) is 0. The van der Waals surface area contributed by atoms with Crippen LogP contribution in [0, 0.1) is 0 Å². The monoisotopic (exact) mass is 308 g/mol. The van der Waals surface area contributed by atoms with Gasteiger partial charge in [0.05, 0.1) is 5.56 Å². The molecule has 0 aliphatic heterocycles. The molecule has 0 unspecified atom stereocenters. The summed E-state index contributed by atoms with van der Waals surface area (Å²) in [6.45, 7) is 2.05. The minimum absolute atomic E-state index is 0.0224. The lowest BCUT2D eigenvalue weighted by Gasteiger charge is -2.11. The molecule has 1 heterocycles. The lowest BCUT2D eigenvalue weighted by molar-refractivity contribution is 0.101. The number of alkyl halides is 1. The molecular formula is C16H17ClO2S. The Kier molecular flexibility index (Phi) is 5.62. The molecule has 0 radical (unpaired) electrons. The van der Waals surface area contributed by atoms with Gasteiger partial charge in [0.1, 0.15) is 12.4 Å². The molecule has 0 fully saturated rings. The van der Waals surface area contributed by atoms with Gasteiger partial charge in [-0.15, -0.1) is 11.6 Å². The standard InChI is InChI=1S/C16H17ClO2S/c1-12(18)15-5-4-13(3-2-7-17)9-16(15)19-10-14-6-8-20-11-14/h4-6,8-9,11H,2-3,7,10H2,1H3. The van der Waals surface area contributed by atoms with Crippen molar-refractivity contribution < 1.29 is 9.53 Å². The van der Waals surface area contributed by atoms with E-state index < -0.39 is 0 Å². The van der Waals surface area contributed by atoms with Gasteiger partial charge in [0, 0.05) is 5.88 Å². The van der Waals surface area contributed by atoms with E-state index in [9.17, 15) is 4.79 Å². The number of aryl methyl sites for hydroxylation is 1. The fourth-order valence-corrected chi connectivity index (χ4v) is 2.73. The minimum Gasteiger partial charge on any atom is -0.488 e. The smallest absolute Gasteiger partial charge is 0.163 e. The number of hydrogen-bond acceptors (Lipinski definition) is 3. The van der Waals surface area contributed by atoms with Gasteiger partial charge in [-0.1, -0.05) is 6.07 Å². The van der Waals surface area contributed by atoms with E-state index in [4.69, 9.17) is 16.3 Å². The van der Waals surface area contributed by atoms with Crippen molar-refractivity contribution in [1.29, 1.82) is 0 Å². The zero-order valence-corrected chi connectivity index (χ0v) is 13.0. The number of ketones is 1. The topological polar surface area (TPSA) is 26.3 Å². The van der Waals surface area contributed by atoms with Crippen molar-refractivity contribution in [2.45, 2.75) is 26.4 Å². The number of halogens is 1. The Hall–Kier alpha value is -1.32. The molecule has 0 N–H and O–H groups in total. The Balaban J connectivity index is 2.15. The number of Topliss-reactive ketones (excluding diaryl/α,β-unsaturated/α-hetero) is 1. The average molecular weight is 309 g/mol. The van der Waals surface area contributed by atoms with E-state index in [-0.39, 0.29) is 5.78 Å². The van der Waals surface area contributed by atoms with Gasteiger partial charge in [-0.2, -0.15) is 11.3 Å². The van der Waals surface area contributed by atoms with Crippen LogP contribution in [0.3, 0.4) is 0 Å². The second-order valence-electron chi connectivity index (χ2n) is 4.60. The highest BCUT2D eigenvalue weighted by Gasteiger charge is 2.10. The largest absolute Gasteiger partial charge is 0.488 e. The first kappa shape index (κ1) is 15.1. The van der Waals surface area contributed by atoms with Crippen LogP contribution in [0.1, 0.15) is 34.8 Å². The van der Waals surface area contributed by atoms with Gasteiger partial charge in [0.2, 0.25) is 0 Å². The zero-order chi connectivity index (χ0) is 14.4. The maximum atomic E-state index is 11.7. The first-order chi connectivity index (χ1) is 9.70. The summed E-state index contributed by atoms with van der Waals surface area (Å²) in [5.41, 5.74) is 2.90. The molecule has 0 saturated heterocycles. The number of thiophene rings is 1. The lowest BCUT2D eigenvalue weighted by atomic mass is 10.0. The molecule has 2 nitrogen and oxygen atoms in total. The van der Waals surface area contributed by atoms with E-state index in [1.165, 1.54) is 0 Å². The van der Waals surface area contributed by atoms with Crippen molar-refractivity contribution in [2.75, 3.05) is 5.88 Å². The quantitative estimate of drug-likeness (QED) is 0.547. The predicted octanol–water partition coefficient (Wildman–Crippen LogP) is 4.70. The van der Waals surface area contributed by atoms with E-state index in [0.717, 1.165) is 24.0 Å². The van der Waals surface area contributed by atoms with E-state index >= 15 is 0 Å². The molecule has 4 heteroatoms. The maximum Gasteiger partial charge on any atom is 0.163 e. The Bertz CT molecular complexity index is 564. The highest BCUT2D eigenvalue weighted by atomic mass is 35.5. The van der Waals surface area contributed by atoms with Crippen molar-refractivity contribution in [3.05, 3.63) is 51.7 Å². The van der Waals surface area contributed by atoms with Crippen LogP contribution in [0.25, 0.3) is 0 Å². The third kappa shape index (κ3) is 4.09. The second kappa shape index (κ2) is 7.46. The predicted molar refractivity (Wildman–Crippen MR) is 84.1 cm³/mol. The number of carbonyl (C=O) groups excluding carboxylic acids is 1. The van der Waals surface area contributed by atoms with Crippen LogP contribution >= 0.6 is 22.9 Å². The van der Waals surface area contributed by atoms with E-state index in [0.29, 0.717) is 23.8 Å². The van der Waals surface area contributed by atoms with Crippen molar-refractivity contribution >= 4 is 28.7 Å². The number of ether oxygens (including phenoxy) is 1. The van der Waals surface area contributed by atoms with Gasteiger partial charge in [0.15, 0.2) is 5.78 Å². The van der Waals surface area contributed by atoms with Crippen molar-refractivity contribution in [1.82, 2.24) is 0 Å². The normalized spacial score (nSPS) is 10.5. The maximum absolute atomic E-state index is 11.7. The zero-order valence-electron chi connectivity index (χ0n) is 11.4. The van der Waals surface area contributed by atoms with Gasteiger partial charge >= 0.3 is 0 Å². The molecule has 0 saturated carbocycles. The molecule has 106 valence electrons. The molecule has 0 aliphatic carbocycles. The summed E-state index contributed by atoms with van der Waals surface area (Å²) in [6.07, 6.45) is 1.82. The fourth-order valence-electron chi connectivity index (χ4n) is 1.94. The molecule has 2 rings (SSSR count).